The number of alkyl halides is 1. The Morgan fingerprint density at radius 3 is 1.91 bits per heavy atom. The first-order valence-corrected chi connectivity index (χ1v) is 18.4. The van der Waals surface area contributed by atoms with Crippen LogP contribution >= 0.6 is 19.8 Å². The molecule has 1 heterocycles. The number of amides is 4. The van der Waals surface area contributed by atoms with Gasteiger partial charge in [-0.05, 0) is 0 Å². The Labute approximate surface area is 270 Å². The molecule has 1 aliphatic heterocycles. The normalized spacial score (nSPS) is 14.8. The van der Waals surface area contributed by atoms with E-state index in [9.17, 15) is 14.4 Å². The number of aliphatic imine (C=N–C) groups is 1. The molecule has 1 saturated heterocycles. The Morgan fingerprint density at radius 2 is 1.44 bits per heavy atom. The summed E-state index contributed by atoms with van der Waals surface area (Å²) in [6, 6.07) is 9.17. The Morgan fingerprint density at radius 1 is 0.933 bits per heavy atom. The van der Waals surface area contributed by atoms with Gasteiger partial charge in [0.15, 0.2) is 0 Å². The molecule has 0 aromatic heterocycles. The fourth-order valence-corrected chi connectivity index (χ4v) is 8.24. The average Bonchev–Trinajstić information content (AvgIpc) is 2.91. The van der Waals surface area contributed by atoms with Crippen LogP contribution in [0.25, 0.3) is 0 Å². The first-order chi connectivity index (χ1) is 20.8. The van der Waals surface area contributed by atoms with Crippen molar-refractivity contribution >= 4 is 44.0 Å². The first kappa shape index (κ1) is 35.8. The summed E-state index contributed by atoms with van der Waals surface area (Å²) in [7, 11) is 4.64. The summed E-state index contributed by atoms with van der Waals surface area (Å²) >= 11 is -2.50. The third-order valence-electron chi connectivity index (χ3n) is 6.19. The van der Waals surface area contributed by atoms with Crippen LogP contribution in [0.3, 0.4) is 0 Å². The summed E-state index contributed by atoms with van der Waals surface area (Å²) in [5, 5.41) is 0. The minimum atomic E-state index is -2.50. The second-order valence-corrected chi connectivity index (χ2v) is 17.5. The molecule has 2 aromatic carbocycles. The maximum atomic E-state index is 15.7. The van der Waals surface area contributed by atoms with Gasteiger partial charge in [0.05, 0.1) is 0 Å². The Bertz CT molecular complexity index is 1400. The van der Waals surface area contributed by atoms with Gasteiger partial charge in [0, 0.05) is 0 Å². The van der Waals surface area contributed by atoms with Gasteiger partial charge in [0.2, 0.25) is 0 Å². The van der Waals surface area contributed by atoms with E-state index in [1.807, 2.05) is 4.93 Å². The van der Waals surface area contributed by atoms with Gasteiger partial charge in [-0.2, -0.15) is 0 Å². The molecule has 4 amide bonds. The van der Waals surface area contributed by atoms with E-state index in [1.165, 1.54) is 26.8 Å². The molecule has 14 heteroatoms. The summed E-state index contributed by atoms with van der Waals surface area (Å²) in [4.78, 5) is 50.4. The number of ether oxygens (including phenoxy) is 3. The summed E-state index contributed by atoms with van der Waals surface area (Å²) in [5.74, 6) is -1.06. The second kappa shape index (κ2) is 14.2. The van der Waals surface area contributed by atoms with E-state index < -0.39 is 61.4 Å². The van der Waals surface area contributed by atoms with Crippen molar-refractivity contribution in [3.63, 3.8) is 0 Å². The maximum absolute atomic E-state index is 15.7. The summed E-state index contributed by atoms with van der Waals surface area (Å²) in [5.41, 5.74) is -1.76. The fourth-order valence-electron chi connectivity index (χ4n) is 4.32. The van der Waals surface area contributed by atoms with Crippen molar-refractivity contribution in [2.45, 2.75) is 59.3 Å². The van der Waals surface area contributed by atoms with Crippen LogP contribution in [0, 0.1) is 18.8 Å². The van der Waals surface area contributed by atoms with Crippen molar-refractivity contribution in [3.8, 4) is 5.75 Å². The number of halogens is 3. The standard InChI is InChI=1S/C31H42F2IN5O6/c1-30(2,3)44-27(40)35-26(38-18-36(8)28(41)37(9)19-38)39(29(42)45-31(4,5)6)17-20-15-23(32)25(24(33)16-20)34(7)21-11-13-22(43-10)14-12-21/h11-16H,17-19H2,1-10H3. The van der Waals surface area contributed by atoms with E-state index in [4.69, 9.17) is 14.2 Å². The molecular formula is C31H42F2IN5O6. The predicted octanol–water partition coefficient (Wildman–Crippen LogP) is 6.39. The van der Waals surface area contributed by atoms with Crippen LogP contribution in [0.15, 0.2) is 41.4 Å². The number of rotatable bonds is 5. The van der Waals surface area contributed by atoms with Crippen molar-refractivity contribution < 1.29 is 37.4 Å². The minimum absolute atomic E-state index is 0.0115. The molecule has 0 unspecified atom stereocenters. The van der Waals surface area contributed by atoms with Crippen LogP contribution in [0.1, 0.15) is 47.1 Å². The van der Waals surface area contributed by atoms with E-state index in [2.05, 4.69) is 4.99 Å². The van der Waals surface area contributed by atoms with Gasteiger partial charge in [-0.25, -0.2) is 0 Å². The number of carbonyl (C=O) groups excluding carboxylic acids is 3. The number of hydrogen-bond acceptors (Lipinski definition) is 6. The number of nitrogens with zero attached hydrogens (tertiary/aromatic N) is 5. The monoisotopic (exact) mass is 745 g/mol. The van der Waals surface area contributed by atoms with Crippen LogP contribution in [0.5, 0.6) is 5.75 Å². The molecule has 3 rings (SSSR count). The molecule has 0 N–H and O–H groups in total. The Kier molecular flexibility index (Phi) is 11.3. The van der Waals surface area contributed by atoms with Crippen LogP contribution in [0.4, 0.5) is 23.2 Å². The van der Waals surface area contributed by atoms with Crippen LogP contribution in [-0.2, 0) is 16.0 Å². The van der Waals surface area contributed by atoms with Crippen LogP contribution < -0.4 is 4.74 Å². The Balaban J connectivity index is 2.09. The van der Waals surface area contributed by atoms with Crippen molar-refractivity contribution in [1.29, 1.82) is 0 Å². The molecule has 0 saturated carbocycles. The summed E-state index contributed by atoms with van der Waals surface area (Å²) < 4.78 is 48.5. The zero-order chi connectivity index (χ0) is 33.9. The second-order valence-electron chi connectivity index (χ2n) is 12.5. The van der Waals surface area contributed by atoms with Crippen molar-refractivity contribution in [2.75, 3.05) is 39.5 Å². The third kappa shape index (κ3) is 9.65. The topological polar surface area (TPSA) is 104 Å². The van der Waals surface area contributed by atoms with E-state index >= 15 is 8.78 Å². The molecule has 0 aliphatic carbocycles. The number of carbonyl (C=O) groups is 3. The number of urea groups is 1. The van der Waals surface area contributed by atoms with Crippen molar-refractivity contribution in [2.24, 2.45) is 4.99 Å². The molecule has 0 bridgehead atoms. The van der Waals surface area contributed by atoms with Crippen molar-refractivity contribution in [3.05, 3.63) is 60.7 Å². The van der Waals surface area contributed by atoms with Gasteiger partial charge in [-0.3, -0.25) is 0 Å². The molecule has 0 spiro atoms. The van der Waals surface area contributed by atoms with Gasteiger partial charge in [0.1, 0.15) is 0 Å². The molecule has 1 aliphatic rings. The quantitative estimate of drug-likeness (QED) is 0.115. The molecule has 2 aromatic rings. The molecule has 0 radical (unpaired) electrons. The zero-order valence-corrected chi connectivity index (χ0v) is 29.6. The van der Waals surface area contributed by atoms with Gasteiger partial charge >= 0.3 is 271 Å². The number of hydrogen-bond donors (Lipinski definition) is 0. The summed E-state index contributed by atoms with van der Waals surface area (Å²) in [6.07, 6.45) is -1.92. The Hall–Kier alpha value is -3.69. The SMILES string of the molecule is COc1ccc(I(C)c2c(F)cc(CN(C(=O)OC(C)(C)C)C(=NC(=O)OC(C)(C)C)N3CN(C)C(=O)N(C)C3)cc2F)cc1. The van der Waals surface area contributed by atoms with Gasteiger partial charge in [-0.15, -0.1) is 0 Å². The molecule has 11 nitrogen and oxygen atoms in total. The number of methoxy groups -OCH3 is 1. The molecule has 1 fully saturated rings. The van der Waals surface area contributed by atoms with Gasteiger partial charge in [0.25, 0.3) is 0 Å². The van der Waals surface area contributed by atoms with E-state index in [-0.39, 0.29) is 34.5 Å². The molecular weight excluding hydrogens is 703 g/mol. The molecule has 0 atom stereocenters. The van der Waals surface area contributed by atoms with E-state index in [1.54, 1.807) is 87.0 Å². The fraction of sp³-hybridized carbons (Fsp3) is 0.484. The molecule has 45 heavy (non-hydrogen) atoms. The van der Waals surface area contributed by atoms with Crippen molar-refractivity contribution in [1.82, 2.24) is 19.6 Å². The average molecular weight is 746 g/mol. The van der Waals surface area contributed by atoms with Crippen LogP contribution in [0.2, 0.25) is 0 Å². The van der Waals surface area contributed by atoms with E-state index in [0.717, 1.165) is 8.47 Å². The number of guanidine groups is 1. The number of benzene rings is 2. The van der Waals surface area contributed by atoms with Crippen LogP contribution in [-0.4, -0.2) is 94.5 Å². The van der Waals surface area contributed by atoms with E-state index in [0.29, 0.717) is 5.75 Å². The third-order valence-corrected chi connectivity index (χ3v) is 11.4. The summed E-state index contributed by atoms with van der Waals surface area (Å²) in [6.45, 7) is 9.49. The first-order valence-electron chi connectivity index (χ1n) is 14.0. The predicted molar refractivity (Wildman–Crippen MR) is 175 cm³/mol. The van der Waals surface area contributed by atoms with Gasteiger partial charge in [-0.1, -0.05) is 0 Å². The zero-order valence-electron chi connectivity index (χ0n) is 27.4. The molecule has 248 valence electrons. The van der Waals surface area contributed by atoms with Gasteiger partial charge < -0.3 is 0 Å².